The molecule has 2 aromatic carbocycles. The number of sulfonamides is 1. The van der Waals surface area contributed by atoms with Gasteiger partial charge in [0.2, 0.25) is 16.0 Å². The van der Waals surface area contributed by atoms with E-state index in [4.69, 9.17) is 14.7 Å². The van der Waals surface area contributed by atoms with Gasteiger partial charge in [-0.15, -0.1) is 0 Å². The van der Waals surface area contributed by atoms with Crippen molar-refractivity contribution in [3.8, 4) is 0 Å². The largest absolute Gasteiger partial charge is 0.378 e. The van der Waals surface area contributed by atoms with Crippen LogP contribution in [0.1, 0.15) is 24.4 Å². The maximum Gasteiger partial charge on any atom is 0.235 e. The number of ether oxygens (including phenoxy) is 1. The molecule has 11 nitrogen and oxygen atoms in total. The fourth-order valence-electron chi connectivity index (χ4n) is 5.34. The predicted molar refractivity (Wildman–Crippen MR) is 161 cm³/mol. The lowest BCUT2D eigenvalue weighted by molar-refractivity contribution is 0.122. The molecule has 41 heavy (non-hydrogen) atoms. The molecule has 1 unspecified atom stereocenters. The zero-order chi connectivity index (χ0) is 28.2. The molecule has 4 heterocycles. The van der Waals surface area contributed by atoms with Crippen LogP contribution in [0.4, 0.5) is 23.1 Å². The highest BCUT2D eigenvalue weighted by Crippen LogP contribution is 2.30. The van der Waals surface area contributed by atoms with Crippen LogP contribution in [-0.4, -0.2) is 71.6 Å². The van der Waals surface area contributed by atoms with Crippen LogP contribution in [0.25, 0.3) is 11.2 Å². The highest BCUT2D eigenvalue weighted by Gasteiger charge is 2.29. The fraction of sp³-hybridized carbons (Fsp3) is 0.345. The molecule has 12 heteroatoms. The van der Waals surface area contributed by atoms with Gasteiger partial charge in [-0.3, -0.25) is 0 Å². The third-order valence-electron chi connectivity index (χ3n) is 7.55. The summed E-state index contributed by atoms with van der Waals surface area (Å²) in [4.78, 5) is 16.6. The van der Waals surface area contributed by atoms with E-state index in [9.17, 15) is 8.42 Å². The lowest BCUT2D eigenvalue weighted by atomic mass is 10.1. The van der Waals surface area contributed by atoms with Gasteiger partial charge in [-0.25, -0.2) is 13.4 Å². The van der Waals surface area contributed by atoms with Gasteiger partial charge < -0.3 is 24.8 Å². The molecule has 0 saturated carbocycles. The smallest absolute Gasteiger partial charge is 0.235 e. The molecule has 0 radical (unpaired) electrons. The molecule has 2 aliphatic heterocycles. The molecule has 2 fully saturated rings. The lowest BCUT2D eigenvalue weighted by Crippen LogP contribution is -2.39. The summed E-state index contributed by atoms with van der Waals surface area (Å²) in [5.41, 5.74) is 4.41. The second-order valence-electron chi connectivity index (χ2n) is 10.2. The topological polar surface area (TPSA) is 118 Å². The summed E-state index contributed by atoms with van der Waals surface area (Å²) in [5.74, 6) is 1.04. The number of imidazole rings is 1. The summed E-state index contributed by atoms with van der Waals surface area (Å²) in [6, 6.07) is 18.2. The molecular formula is C29H34N8O3S. The Morgan fingerprint density at radius 1 is 1.02 bits per heavy atom. The first-order chi connectivity index (χ1) is 20.0. The molecule has 2 aliphatic rings. The van der Waals surface area contributed by atoms with Crippen LogP contribution in [0.3, 0.4) is 0 Å². The number of hydrogen-bond acceptors (Lipinski definition) is 9. The van der Waals surface area contributed by atoms with Gasteiger partial charge in [0.15, 0.2) is 17.0 Å². The molecule has 6 rings (SSSR count). The van der Waals surface area contributed by atoms with Gasteiger partial charge in [0, 0.05) is 49.5 Å². The van der Waals surface area contributed by atoms with E-state index in [0.29, 0.717) is 42.6 Å². The van der Waals surface area contributed by atoms with Crippen molar-refractivity contribution in [2.24, 2.45) is 0 Å². The van der Waals surface area contributed by atoms with Gasteiger partial charge in [0.05, 0.1) is 25.6 Å². The van der Waals surface area contributed by atoms with Crippen molar-refractivity contribution in [3.05, 3.63) is 78.5 Å². The van der Waals surface area contributed by atoms with Crippen LogP contribution < -0.4 is 15.5 Å². The average molecular weight is 575 g/mol. The molecule has 0 aliphatic carbocycles. The van der Waals surface area contributed by atoms with Crippen molar-refractivity contribution in [2.75, 3.05) is 54.9 Å². The van der Waals surface area contributed by atoms with E-state index < -0.39 is 10.0 Å². The van der Waals surface area contributed by atoms with E-state index in [-0.39, 0.29) is 6.04 Å². The Balaban J connectivity index is 1.31. The molecular weight excluding hydrogens is 540 g/mol. The summed E-state index contributed by atoms with van der Waals surface area (Å²) < 4.78 is 34.0. The van der Waals surface area contributed by atoms with Crippen molar-refractivity contribution in [3.63, 3.8) is 0 Å². The number of hydrogen-bond donors (Lipinski definition) is 2. The quantitative estimate of drug-likeness (QED) is 0.304. The minimum Gasteiger partial charge on any atom is -0.378 e. The number of nitrogens with one attached hydrogen (secondary N) is 2. The number of morpholine rings is 1. The number of aromatic nitrogens is 4. The number of rotatable bonds is 9. The van der Waals surface area contributed by atoms with Crippen molar-refractivity contribution in [1.82, 2.24) is 23.8 Å². The Kier molecular flexibility index (Phi) is 7.86. The molecule has 1 atom stereocenters. The molecule has 2 aromatic heterocycles. The summed E-state index contributed by atoms with van der Waals surface area (Å²) >= 11 is 0. The van der Waals surface area contributed by atoms with Crippen molar-refractivity contribution >= 4 is 44.3 Å². The fourth-order valence-corrected chi connectivity index (χ4v) is 6.31. The Morgan fingerprint density at radius 3 is 2.56 bits per heavy atom. The third-order valence-corrected chi connectivity index (χ3v) is 9.02. The Morgan fingerprint density at radius 2 is 1.80 bits per heavy atom. The standard InChI is InChI=1S/C29H34N8O3S/c1-2-41(38,39)36-14-6-9-25(20-36)37-21-31-26-27(30-19-22-7-4-3-5-8-22)33-29(34-28(26)37)32-23-10-12-24(13-11-23)35-15-17-40-18-16-35/h2-5,7-8,10-13,21,25H,1,6,9,14-20H2,(H2,30,32,33,34). The van der Waals surface area contributed by atoms with E-state index >= 15 is 0 Å². The second-order valence-corrected chi connectivity index (χ2v) is 12.1. The first kappa shape index (κ1) is 27.2. The second kappa shape index (κ2) is 11.9. The van der Waals surface area contributed by atoms with E-state index in [2.05, 4.69) is 51.4 Å². The molecule has 4 aromatic rings. The Hall–Kier alpha value is -4.00. The van der Waals surface area contributed by atoms with E-state index in [1.54, 1.807) is 6.33 Å². The van der Waals surface area contributed by atoms with Crippen LogP contribution in [0, 0.1) is 0 Å². The minimum atomic E-state index is -3.51. The zero-order valence-electron chi connectivity index (χ0n) is 22.8. The number of nitrogens with zero attached hydrogens (tertiary/aromatic N) is 6. The van der Waals surface area contributed by atoms with Gasteiger partial charge >= 0.3 is 0 Å². The number of anilines is 4. The molecule has 0 amide bonds. The summed E-state index contributed by atoms with van der Waals surface area (Å²) in [7, 11) is -3.51. The predicted octanol–water partition coefficient (Wildman–Crippen LogP) is 4.13. The average Bonchev–Trinajstić information content (AvgIpc) is 3.45. The van der Waals surface area contributed by atoms with Gasteiger partial charge in [-0.2, -0.15) is 14.3 Å². The highest BCUT2D eigenvalue weighted by molar-refractivity contribution is 7.92. The third kappa shape index (κ3) is 6.04. The van der Waals surface area contributed by atoms with Crippen LogP contribution in [0.5, 0.6) is 0 Å². The molecule has 0 bridgehead atoms. The van der Waals surface area contributed by atoms with E-state index in [1.165, 1.54) is 4.31 Å². The first-order valence-corrected chi connectivity index (χ1v) is 15.4. The highest BCUT2D eigenvalue weighted by atomic mass is 32.2. The number of benzene rings is 2. The molecule has 2 N–H and O–H groups in total. The van der Waals surface area contributed by atoms with Gasteiger partial charge in [0.25, 0.3) is 0 Å². The van der Waals surface area contributed by atoms with Crippen molar-refractivity contribution in [1.29, 1.82) is 0 Å². The monoisotopic (exact) mass is 574 g/mol. The molecule has 2 saturated heterocycles. The van der Waals surface area contributed by atoms with E-state index in [1.807, 2.05) is 34.9 Å². The lowest BCUT2D eigenvalue weighted by Gasteiger charge is -2.31. The van der Waals surface area contributed by atoms with Crippen molar-refractivity contribution < 1.29 is 13.2 Å². The number of piperidine rings is 1. The molecule has 214 valence electrons. The van der Waals surface area contributed by atoms with Gasteiger partial charge in [0.1, 0.15) is 0 Å². The van der Waals surface area contributed by atoms with Crippen LogP contribution in [0.15, 0.2) is 72.9 Å². The van der Waals surface area contributed by atoms with Crippen LogP contribution in [-0.2, 0) is 21.3 Å². The SMILES string of the molecule is C=CS(=O)(=O)N1CCCC(n2cnc3c(NCc4ccccc4)nc(Nc4ccc(N5CCOCC5)cc4)nc32)C1. The van der Waals surface area contributed by atoms with Crippen molar-refractivity contribution in [2.45, 2.75) is 25.4 Å². The van der Waals surface area contributed by atoms with Crippen LogP contribution >= 0.6 is 0 Å². The summed E-state index contributed by atoms with van der Waals surface area (Å²) in [6.07, 6.45) is 3.29. The first-order valence-electron chi connectivity index (χ1n) is 13.8. The normalized spacial score (nSPS) is 18.3. The number of fused-ring (bicyclic) bond motifs is 1. The Labute approximate surface area is 239 Å². The maximum absolute atomic E-state index is 12.5. The zero-order valence-corrected chi connectivity index (χ0v) is 23.6. The van der Waals surface area contributed by atoms with E-state index in [0.717, 1.165) is 61.5 Å². The van der Waals surface area contributed by atoms with Gasteiger partial charge in [-0.05, 0) is 42.7 Å². The van der Waals surface area contributed by atoms with Gasteiger partial charge in [-0.1, -0.05) is 36.9 Å². The minimum absolute atomic E-state index is 0.110. The maximum atomic E-state index is 12.5. The Bertz CT molecular complexity index is 1600. The summed E-state index contributed by atoms with van der Waals surface area (Å²) in [5, 5.41) is 7.81. The van der Waals surface area contributed by atoms with Crippen LogP contribution in [0.2, 0.25) is 0 Å². The summed E-state index contributed by atoms with van der Waals surface area (Å²) in [6.45, 7) is 8.09. The molecule has 0 spiro atoms.